The molecule has 1 aromatic rings. The number of benzene rings is 1. The summed E-state index contributed by atoms with van der Waals surface area (Å²) < 4.78 is 9.46. The molecule has 1 aromatic carbocycles. The van der Waals surface area contributed by atoms with Gasteiger partial charge in [0.2, 0.25) is 0 Å². The summed E-state index contributed by atoms with van der Waals surface area (Å²) in [6.07, 6.45) is 0.231. The third kappa shape index (κ3) is 2.82. The van der Waals surface area contributed by atoms with Crippen molar-refractivity contribution in [1.82, 2.24) is 0 Å². The van der Waals surface area contributed by atoms with Gasteiger partial charge < -0.3 is 9.47 Å². The van der Waals surface area contributed by atoms with Crippen LogP contribution in [0.3, 0.4) is 0 Å². The van der Waals surface area contributed by atoms with Gasteiger partial charge in [-0.2, -0.15) is 0 Å². The first-order chi connectivity index (χ1) is 8.53. The van der Waals surface area contributed by atoms with Crippen LogP contribution >= 0.6 is 0 Å². The van der Waals surface area contributed by atoms with Gasteiger partial charge in [-0.05, 0) is 0 Å². The van der Waals surface area contributed by atoms with Crippen LogP contribution in [-0.2, 0) is 16.0 Å². The Morgan fingerprint density at radius 1 is 1.44 bits per heavy atom. The molecule has 7 heteroatoms. The topological polar surface area (TPSA) is 95.7 Å². The molecule has 0 saturated carbocycles. The van der Waals surface area contributed by atoms with Crippen LogP contribution in [0.25, 0.3) is 0 Å². The molecule has 18 heavy (non-hydrogen) atoms. The van der Waals surface area contributed by atoms with E-state index in [0.29, 0.717) is 6.29 Å². The van der Waals surface area contributed by atoms with Gasteiger partial charge in [-0.1, -0.05) is 0 Å². The zero-order valence-electron chi connectivity index (χ0n) is 9.84. The quantitative estimate of drug-likeness (QED) is 0.338. The fourth-order valence-corrected chi connectivity index (χ4v) is 1.50. The number of nitrogens with zero attached hydrogens (tertiary/aromatic N) is 1. The summed E-state index contributed by atoms with van der Waals surface area (Å²) in [5.74, 6) is -0.438. The van der Waals surface area contributed by atoms with Crippen molar-refractivity contribution in [2.75, 3.05) is 14.2 Å². The molecule has 0 aliphatic rings. The third-order valence-corrected chi connectivity index (χ3v) is 2.28. The summed E-state index contributed by atoms with van der Waals surface area (Å²) in [5, 5.41) is 10.7. The maximum Gasteiger partial charge on any atom is 0.310 e. The van der Waals surface area contributed by atoms with Crippen molar-refractivity contribution >= 4 is 17.9 Å². The Balaban J connectivity index is 3.35. The zero-order chi connectivity index (χ0) is 13.7. The molecule has 0 saturated heterocycles. The van der Waals surface area contributed by atoms with Crippen molar-refractivity contribution in [2.24, 2.45) is 0 Å². The highest BCUT2D eigenvalue weighted by molar-refractivity contribution is 5.84. The molecule has 0 unspecified atom stereocenters. The van der Waals surface area contributed by atoms with Crippen LogP contribution in [0.5, 0.6) is 5.75 Å². The smallest absolute Gasteiger partial charge is 0.310 e. The highest BCUT2D eigenvalue weighted by Crippen LogP contribution is 2.28. The Labute approximate surface area is 102 Å². The van der Waals surface area contributed by atoms with Crippen molar-refractivity contribution in [3.63, 3.8) is 0 Å². The number of hydrogen-bond donors (Lipinski definition) is 0. The summed E-state index contributed by atoms with van der Waals surface area (Å²) in [6, 6.07) is 2.27. The molecule has 0 aliphatic carbocycles. The molecule has 96 valence electrons. The minimum absolute atomic E-state index is 0.0191. The predicted molar refractivity (Wildman–Crippen MR) is 60.8 cm³/mol. The van der Waals surface area contributed by atoms with E-state index >= 15 is 0 Å². The van der Waals surface area contributed by atoms with Crippen molar-refractivity contribution in [1.29, 1.82) is 0 Å². The average Bonchev–Trinajstić information content (AvgIpc) is 2.37. The molecule has 0 fully saturated rings. The number of rotatable bonds is 5. The van der Waals surface area contributed by atoms with E-state index in [9.17, 15) is 19.7 Å². The van der Waals surface area contributed by atoms with Gasteiger partial charge >= 0.3 is 5.97 Å². The number of carbonyl (C=O) groups excluding carboxylic acids is 2. The number of nitro groups is 1. The summed E-state index contributed by atoms with van der Waals surface area (Å²) >= 11 is 0. The first-order valence-electron chi connectivity index (χ1n) is 4.90. The van der Waals surface area contributed by atoms with Crippen molar-refractivity contribution in [3.8, 4) is 5.75 Å². The highest BCUT2D eigenvalue weighted by Gasteiger charge is 2.19. The van der Waals surface area contributed by atoms with E-state index in [0.717, 1.165) is 6.07 Å². The van der Waals surface area contributed by atoms with E-state index in [1.807, 2.05) is 0 Å². The van der Waals surface area contributed by atoms with Crippen LogP contribution in [0, 0.1) is 10.1 Å². The van der Waals surface area contributed by atoms with E-state index in [4.69, 9.17) is 4.74 Å². The summed E-state index contributed by atoms with van der Waals surface area (Å²) in [6.45, 7) is 0. The second-order valence-corrected chi connectivity index (χ2v) is 3.36. The monoisotopic (exact) mass is 253 g/mol. The highest BCUT2D eigenvalue weighted by atomic mass is 16.6. The van der Waals surface area contributed by atoms with Crippen LogP contribution in [0.1, 0.15) is 15.9 Å². The summed E-state index contributed by atoms with van der Waals surface area (Å²) in [4.78, 5) is 32.1. The van der Waals surface area contributed by atoms with Gasteiger partial charge in [0.15, 0.2) is 6.29 Å². The normalized spacial score (nSPS) is 9.67. The zero-order valence-corrected chi connectivity index (χ0v) is 9.84. The molecule has 0 N–H and O–H groups in total. The fraction of sp³-hybridized carbons (Fsp3) is 0.273. The molecule has 0 spiro atoms. The minimum atomic E-state index is -0.646. The molecule has 0 heterocycles. The van der Waals surface area contributed by atoms with Gasteiger partial charge in [0.1, 0.15) is 5.75 Å². The van der Waals surface area contributed by atoms with Crippen LogP contribution in [0.15, 0.2) is 12.1 Å². The largest absolute Gasteiger partial charge is 0.496 e. The molecular formula is C11H11NO6. The van der Waals surface area contributed by atoms with Gasteiger partial charge in [-0.15, -0.1) is 0 Å². The van der Waals surface area contributed by atoms with E-state index in [1.54, 1.807) is 0 Å². The average molecular weight is 253 g/mol. The number of ether oxygens (including phenoxy) is 2. The molecular weight excluding hydrogens is 242 g/mol. The molecule has 0 amide bonds. The van der Waals surface area contributed by atoms with Gasteiger partial charge in [-0.25, -0.2) is 0 Å². The van der Waals surface area contributed by atoms with Gasteiger partial charge in [0, 0.05) is 17.7 Å². The molecule has 0 atom stereocenters. The molecule has 7 nitrogen and oxygen atoms in total. The Kier molecular flexibility index (Phi) is 4.36. The van der Waals surface area contributed by atoms with Gasteiger partial charge in [0.25, 0.3) is 5.69 Å². The second-order valence-electron chi connectivity index (χ2n) is 3.36. The van der Waals surface area contributed by atoms with E-state index in [-0.39, 0.29) is 29.0 Å². The molecule has 0 radical (unpaired) electrons. The van der Waals surface area contributed by atoms with Crippen molar-refractivity contribution < 1.29 is 24.0 Å². The third-order valence-electron chi connectivity index (χ3n) is 2.28. The Morgan fingerprint density at radius 3 is 2.56 bits per heavy atom. The fourth-order valence-electron chi connectivity index (χ4n) is 1.50. The standard InChI is InChI=1S/C11H11NO6/c1-17-10(14)5-7-3-9(12(15)16)4-8(6-13)11(7)18-2/h3-4,6H,5H2,1-2H3. The minimum Gasteiger partial charge on any atom is -0.496 e. The number of hydrogen-bond acceptors (Lipinski definition) is 6. The Hall–Kier alpha value is -2.44. The lowest BCUT2D eigenvalue weighted by Crippen LogP contribution is -2.08. The SMILES string of the molecule is COC(=O)Cc1cc([N+](=O)[O-])cc(C=O)c1OC. The lowest BCUT2D eigenvalue weighted by Gasteiger charge is -2.09. The lowest BCUT2D eigenvalue weighted by atomic mass is 10.1. The van der Waals surface area contributed by atoms with Crippen LogP contribution in [-0.4, -0.2) is 31.4 Å². The van der Waals surface area contributed by atoms with Gasteiger partial charge in [-0.3, -0.25) is 19.7 Å². The van der Waals surface area contributed by atoms with Crippen LogP contribution < -0.4 is 4.74 Å². The van der Waals surface area contributed by atoms with Gasteiger partial charge in [0.05, 0.1) is 31.1 Å². The number of non-ortho nitro benzene ring substituents is 1. The molecule has 0 aromatic heterocycles. The maximum absolute atomic E-state index is 11.2. The molecule has 1 rings (SSSR count). The van der Waals surface area contributed by atoms with Crippen molar-refractivity contribution in [2.45, 2.75) is 6.42 Å². The summed E-state index contributed by atoms with van der Waals surface area (Å²) in [5.41, 5.74) is -0.0249. The van der Waals surface area contributed by atoms with Crippen LogP contribution in [0.2, 0.25) is 0 Å². The number of esters is 1. The number of methoxy groups -OCH3 is 2. The second kappa shape index (κ2) is 5.76. The maximum atomic E-state index is 11.2. The lowest BCUT2D eigenvalue weighted by molar-refractivity contribution is -0.384. The molecule has 0 aliphatic heterocycles. The Bertz CT molecular complexity index is 497. The van der Waals surface area contributed by atoms with E-state index < -0.39 is 10.9 Å². The summed E-state index contributed by atoms with van der Waals surface area (Å²) in [7, 11) is 2.52. The van der Waals surface area contributed by atoms with Crippen molar-refractivity contribution in [3.05, 3.63) is 33.4 Å². The van der Waals surface area contributed by atoms with Crippen LogP contribution in [0.4, 0.5) is 5.69 Å². The van der Waals surface area contributed by atoms with E-state index in [1.165, 1.54) is 20.3 Å². The Morgan fingerprint density at radius 2 is 2.11 bits per heavy atom. The van der Waals surface area contributed by atoms with E-state index in [2.05, 4.69) is 4.74 Å². The first-order valence-corrected chi connectivity index (χ1v) is 4.90. The number of nitro benzene ring substituents is 1. The number of aldehydes is 1. The number of carbonyl (C=O) groups is 2. The first kappa shape index (κ1) is 13.6. The predicted octanol–water partition coefficient (Wildman–Crippen LogP) is 1.13. The molecule has 0 bridgehead atoms.